The number of nitriles is 1. The summed E-state index contributed by atoms with van der Waals surface area (Å²) in [5.74, 6) is 0. The molecule has 0 unspecified atom stereocenters. The summed E-state index contributed by atoms with van der Waals surface area (Å²) in [5, 5.41) is 8.47. The fraction of sp³-hybridized carbons (Fsp3) is 0.143. The Morgan fingerprint density at radius 1 is 1.60 bits per heavy atom. The Morgan fingerprint density at radius 2 is 2.30 bits per heavy atom. The third-order valence-corrected chi connectivity index (χ3v) is 1.66. The van der Waals surface area contributed by atoms with Crippen LogP contribution < -0.4 is 0 Å². The molecule has 1 aromatic rings. The summed E-state index contributed by atoms with van der Waals surface area (Å²) in [4.78, 5) is 3.99. The number of aromatic nitrogens is 1. The zero-order valence-electron chi connectivity index (χ0n) is 5.43. The minimum atomic E-state index is 0.490. The number of nitrogens with zero attached hydrogens (tertiary/aromatic N) is 2. The lowest BCUT2D eigenvalue weighted by atomic mass is 10.3. The molecule has 10 heavy (non-hydrogen) atoms. The smallest absolute Gasteiger partial charge is 0.141 e. The van der Waals surface area contributed by atoms with Crippen molar-refractivity contribution in [2.75, 3.05) is 0 Å². The van der Waals surface area contributed by atoms with E-state index in [4.69, 9.17) is 5.26 Å². The topological polar surface area (TPSA) is 36.7 Å². The van der Waals surface area contributed by atoms with Crippen molar-refractivity contribution in [3.05, 3.63) is 27.1 Å². The Morgan fingerprint density at radius 3 is 2.80 bits per heavy atom. The van der Waals surface area contributed by atoms with Crippen LogP contribution in [-0.2, 0) is 0 Å². The summed E-state index contributed by atoms with van der Waals surface area (Å²) in [6.07, 6.45) is 0. The summed E-state index contributed by atoms with van der Waals surface area (Å²) in [6, 6.07) is 5.68. The lowest BCUT2D eigenvalue weighted by Crippen LogP contribution is -1.87. The van der Waals surface area contributed by atoms with E-state index in [2.05, 4.69) is 27.6 Å². The van der Waals surface area contributed by atoms with E-state index in [-0.39, 0.29) is 0 Å². The van der Waals surface area contributed by atoms with Crippen molar-refractivity contribution in [3.8, 4) is 6.07 Å². The Hall–Kier alpha value is -0.630. The first-order valence-corrected chi connectivity index (χ1v) is 3.84. The Balaban J connectivity index is 3.22. The summed E-state index contributed by atoms with van der Waals surface area (Å²) in [7, 11) is 0. The summed E-state index contributed by atoms with van der Waals surface area (Å²) in [6.45, 7) is 1.88. The van der Waals surface area contributed by atoms with Crippen LogP contribution in [0.3, 0.4) is 0 Å². The molecule has 0 atom stereocenters. The molecule has 1 heterocycles. The molecule has 0 radical (unpaired) electrons. The van der Waals surface area contributed by atoms with Crippen LogP contribution in [-0.4, -0.2) is 4.98 Å². The van der Waals surface area contributed by atoms with E-state index in [1.807, 2.05) is 19.1 Å². The molecule has 0 aliphatic heterocycles. The Kier molecular flexibility index (Phi) is 2.22. The van der Waals surface area contributed by atoms with Crippen LogP contribution in [0.5, 0.6) is 0 Å². The standard InChI is InChI=1S/C7H5IN2/c1-5-2-6(8)3-7(4-9)10-5/h2-3H,1H3. The monoisotopic (exact) mass is 244 g/mol. The normalized spacial score (nSPS) is 8.90. The minimum absolute atomic E-state index is 0.490. The maximum absolute atomic E-state index is 8.47. The lowest BCUT2D eigenvalue weighted by Gasteiger charge is -1.93. The first kappa shape index (κ1) is 7.48. The molecule has 0 saturated heterocycles. The van der Waals surface area contributed by atoms with Gasteiger partial charge in [0.1, 0.15) is 11.8 Å². The highest BCUT2D eigenvalue weighted by Gasteiger charge is 1.94. The molecule has 0 N–H and O–H groups in total. The van der Waals surface area contributed by atoms with Gasteiger partial charge in [0.15, 0.2) is 0 Å². The second-order valence-electron chi connectivity index (χ2n) is 1.92. The molecule has 0 aliphatic carbocycles. The lowest BCUT2D eigenvalue weighted by molar-refractivity contribution is 1.16. The maximum Gasteiger partial charge on any atom is 0.141 e. The Bertz CT molecular complexity index is 268. The van der Waals surface area contributed by atoms with Crippen LogP contribution in [0.4, 0.5) is 0 Å². The van der Waals surface area contributed by atoms with E-state index in [0.29, 0.717) is 5.69 Å². The molecular weight excluding hydrogens is 239 g/mol. The fourth-order valence-corrected chi connectivity index (χ4v) is 1.43. The van der Waals surface area contributed by atoms with Crippen molar-refractivity contribution >= 4 is 22.6 Å². The highest BCUT2D eigenvalue weighted by atomic mass is 127. The van der Waals surface area contributed by atoms with Crippen LogP contribution in [0.15, 0.2) is 12.1 Å². The van der Waals surface area contributed by atoms with Gasteiger partial charge >= 0.3 is 0 Å². The number of pyridine rings is 1. The zero-order chi connectivity index (χ0) is 7.56. The highest BCUT2D eigenvalue weighted by Crippen LogP contribution is 2.06. The quantitative estimate of drug-likeness (QED) is 0.653. The predicted molar refractivity (Wildman–Crippen MR) is 46.4 cm³/mol. The summed E-state index contributed by atoms with van der Waals surface area (Å²) >= 11 is 2.16. The first-order chi connectivity index (χ1) is 4.72. The molecule has 0 amide bonds. The zero-order valence-corrected chi connectivity index (χ0v) is 7.58. The van der Waals surface area contributed by atoms with Gasteiger partial charge in [0.2, 0.25) is 0 Å². The van der Waals surface area contributed by atoms with Crippen LogP contribution in [0.25, 0.3) is 0 Å². The molecular formula is C7H5IN2. The summed E-state index contributed by atoms with van der Waals surface area (Å²) < 4.78 is 1.06. The van der Waals surface area contributed by atoms with Crippen LogP contribution in [0.2, 0.25) is 0 Å². The van der Waals surface area contributed by atoms with Crippen molar-refractivity contribution in [1.82, 2.24) is 4.98 Å². The van der Waals surface area contributed by atoms with Crippen molar-refractivity contribution in [3.63, 3.8) is 0 Å². The van der Waals surface area contributed by atoms with E-state index in [9.17, 15) is 0 Å². The molecule has 1 rings (SSSR count). The second kappa shape index (κ2) is 2.97. The second-order valence-corrected chi connectivity index (χ2v) is 3.17. The molecule has 0 aliphatic rings. The van der Waals surface area contributed by atoms with Crippen molar-refractivity contribution in [2.45, 2.75) is 6.92 Å². The van der Waals surface area contributed by atoms with Crippen molar-refractivity contribution in [2.24, 2.45) is 0 Å². The number of aryl methyl sites for hydroxylation is 1. The molecule has 50 valence electrons. The predicted octanol–water partition coefficient (Wildman–Crippen LogP) is 1.87. The highest BCUT2D eigenvalue weighted by molar-refractivity contribution is 14.1. The molecule has 0 fully saturated rings. The van der Waals surface area contributed by atoms with Gasteiger partial charge in [-0.05, 0) is 41.6 Å². The van der Waals surface area contributed by atoms with Crippen molar-refractivity contribution in [1.29, 1.82) is 5.26 Å². The first-order valence-electron chi connectivity index (χ1n) is 2.76. The average molecular weight is 244 g/mol. The van der Waals surface area contributed by atoms with Gasteiger partial charge in [-0.15, -0.1) is 0 Å². The van der Waals surface area contributed by atoms with Gasteiger partial charge in [-0.1, -0.05) is 0 Å². The Labute approximate surface area is 73.0 Å². The molecule has 3 heteroatoms. The SMILES string of the molecule is Cc1cc(I)cc(C#N)n1. The van der Waals surface area contributed by atoms with Crippen molar-refractivity contribution < 1.29 is 0 Å². The van der Waals surface area contributed by atoms with E-state index < -0.39 is 0 Å². The van der Waals surface area contributed by atoms with Gasteiger partial charge in [-0.2, -0.15) is 5.26 Å². The van der Waals surface area contributed by atoms with Gasteiger partial charge in [-0.3, -0.25) is 0 Å². The largest absolute Gasteiger partial charge is 0.242 e. The van der Waals surface area contributed by atoms with Gasteiger partial charge in [0, 0.05) is 9.26 Å². The van der Waals surface area contributed by atoms with E-state index in [1.54, 1.807) is 6.07 Å². The number of halogens is 1. The van der Waals surface area contributed by atoms with E-state index in [0.717, 1.165) is 9.26 Å². The van der Waals surface area contributed by atoms with E-state index in [1.165, 1.54) is 0 Å². The van der Waals surface area contributed by atoms with Gasteiger partial charge in [-0.25, -0.2) is 4.98 Å². The molecule has 0 bridgehead atoms. The number of hydrogen-bond acceptors (Lipinski definition) is 2. The third-order valence-electron chi connectivity index (χ3n) is 1.03. The average Bonchev–Trinajstić information content (AvgIpc) is 1.85. The van der Waals surface area contributed by atoms with E-state index >= 15 is 0 Å². The van der Waals surface area contributed by atoms with Crippen LogP contribution in [0.1, 0.15) is 11.4 Å². The number of rotatable bonds is 0. The molecule has 2 nitrogen and oxygen atoms in total. The molecule has 0 saturated carbocycles. The van der Waals surface area contributed by atoms with Gasteiger partial charge in [0.05, 0.1) is 0 Å². The van der Waals surface area contributed by atoms with Crippen LogP contribution in [0, 0.1) is 21.8 Å². The van der Waals surface area contributed by atoms with Crippen LogP contribution >= 0.6 is 22.6 Å². The minimum Gasteiger partial charge on any atom is -0.242 e. The maximum atomic E-state index is 8.47. The van der Waals surface area contributed by atoms with Gasteiger partial charge < -0.3 is 0 Å². The molecule has 1 aromatic heterocycles. The molecule has 0 spiro atoms. The summed E-state index contributed by atoms with van der Waals surface area (Å²) in [5.41, 5.74) is 1.38. The number of hydrogen-bond donors (Lipinski definition) is 0. The third kappa shape index (κ3) is 1.67. The molecule has 0 aromatic carbocycles. The fourth-order valence-electron chi connectivity index (χ4n) is 0.684. The van der Waals surface area contributed by atoms with Gasteiger partial charge in [0.25, 0.3) is 0 Å².